The van der Waals surface area contributed by atoms with Crippen molar-refractivity contribution in [1.82, 2.24) is 0 Å². The second kappa shape index (κ2) is 8.62. The molecule has 1 aliphatic rings. The Balaban J connectivity index is 1.63. The number of halogens is 2. The van der Waals surface area contributed by atoms with Crippen LogP contribution in [0.3, 0.4) is 0 Å². The van der Waals surface area contributed by atoms with Crippen LogP contribution in [0.1, 0.15) is 26.9 Å². The molecule has 0 spiro atoms. The Hall–Kier alpha value is -2.64. The predicted molar refractivity (Wildman–Crippen MR) is 122 cm³/mol. The minimum atomic E-state index is -0.431. The summed E-state index contributed by atoms with van der Waals surface area (Å²) in [7, 11) is 0. The molecule has 3 aromatic carbocycles. The van der Waals surface area contributed by atoms with Crippen molar-refractivity contribution < 1.29 is 14.0 Å². The number of thioether (sulfide) groups is 1. The van der Waals surface area contributed by atoms with E-state index in [9.17, 15) is 14.0 Å². The van der Waals surface area contributed by atoms with Crippen LogP contribution in [0, 0.1) is 12.7 Å². The molecular weight excluding hydrogens is 467 g/mol. The van der Waals surface area contributed by atoms with Gasteiger partial charge in [-0.2, -0.15) is 0 Å². The molecule has 1 aliphatic heterocycles. The quantitative estimate of drug-likeness (QED) is 0.499. The van der Waals surface area contributed by atoms with E-state index in [1.54, 1.807) is 36.4 Å². The van der Waals surface area contributed by atoms with E-state index in [0.717, 1.165) is 11.1 Å². The van der Waals surface area contributed by atoms with Crippen LogP contribution in [0.15, 0.2) is 71.2 Å². The highest BCUT2D eigenvalue weighted by Gasteiger charge is 2.35. The summed E-state index contributed by atoms with van der Waals surface area (Å²) in [6.07, 6.45) is 0. The Labute approximate surface area is 186 Å². The zero-order valence-electron chi connectivity index (χ0n) is 16.1. The topological polar surface area (TPSA) is 49.4 Å². The van der Waals surface area contributed by atoms with Gasteiger partial charge in [0.25, 0.3) is 5.91 Å². The number of hydrogen-bond donors (Lipinski definition) is 1. The molecular formula is C23H18BrFN2O2S. The van der Waals surface area contributed by atoms with Gasteiger partial charge in [0.15, 0.2) is 0 Å². The zero-order chi connectivity index (χ0) is 21.3. The highest BCUT2D eigenvalue weighted by molar-refractivity contribution is 9.10. The zero-order valence-corrected chi connectivity index (χ0v) is 18.5. The average molecular weight is 485 g/mol. The van der Waals surface area contributed by atoms with E-state index in [0.29, 0.717) is 15.7 Å². The fourth-order valence-electron chi connectivity index (χ4n) is 3.35. The fraction of sp³-hybridized carbons (Fsp3) is 0.130. The first-order valence-electron chi connectivity index (χ1n) is 9.29. The molecule has 1 N–H and O–H groups in total. The molecule has 4 nitrogen and oxygen atoms in total. The van der Waals surface area contributed by atoms with Crippen LogP contribution in [-0.4, -0.2) is 17.6 Å². The van der Waals surface area contributed by atoms with Crippen molar-refractivity contribution in [2.75, 3.05) is 16.0 Å². The van der Waals surface area contributed by atoms with Gasteiger partial charge < -0.3 is 5.32 Å². The van der Waals surface area contributed by atoms with Crippen LogP contribution in [-0.2, 0) is 4.79 Å². The number of hydrogen-bond acceptors (Lipinski definition) is 3. The average Bonchev–Trinajstić information content (AvgIpc) is 3.11. The van der Waals surface area contributed by atoms with Gasteiger partial charge in [-0.3, -0.25) is 14.5 Å². The molecule has 0 bridgehead atoms. The number of nitrogens with one attached hydrogen (secondary N) is 1. The van der Waals surface area contributed by atoms with E-state index in [-0.39, 0.29) is 28.6 Å². The largest absolute Gasteiger partial charge is 0.322 e. The molecule has 4 rings (SSSR count). The number of aryl methyl sites for hydroxylation is 1. The highest BCUT2D eigenvalue weighted by Crippen LogP contribution is 2.43. The maximum atomic E-state index is 14.5. The van der Waals surface area contributed by atoms with E-state index in [1.165, 1.54) is 22.7 Å². The van der Waals surface area contributed by atoms with Crippen molar-refractivity contribution in [1.29, 1.82) is 0 Å². The van der Waals surface area contributed by atoms with Crippen LogP contribution < -0.4 is 10.2 Å². The number of benzene rings is 3. The second-order valence-electron chi connectivity index (χ2n) is 6.94. The van der Waals surface area contributed by atoms with Crippen LogP contribution in [0.25, 0.3) is 0 Å². The van der Waals surface area contributed by atoms with Crippen molar-refractivity contribution in [2.45, 2.75) is 12.3 Å². The Kier molecular flexibility index (Phi) is 5.92. The molecule has 1 fully saturated rings. The maximum Gasteiger partial charge on any atom is 0.256 e. The molecule has 2 amide bonds. The maximum absolute atomic E-state index is 14.5. The molecule has 0 saturated carbocycles. The third-order valence-corrected chi connectivity index (χ3v) is 6.68. The normalized spacial score (nSPS) is 16.0. The number of nitrogens with zero attached hydrogens (tertiary/aromatic N) is 1. The summed E-state index contributed by atoms with van der Waals surface area (Å²) < 4.78 is 15.2. The number of anilines is 2. The molecule has 0 aromatic heterocycles. The third kappa shape index (κ3) is 4.13. The number of carbonyl (C=O) groups excluding carboxylic acids is 2. The van der Waals surface area contributed by atoms with Gasteiger partial charge in [-0.1, -0.05) is 30.3 Å². The molecule has 7 heteroatoms. The molecule has 1 atom stereocenters. The van der Waals surface area contributed by atoms with Gasteiger partial charge >= 0.3 is 0 Å². The summed E-state index contributed by atoms with van der Waals surface area (Å²) >= 11 is 4.82. The smallest absolute Gasteiger partial charge is 0.256 e. The van der Waals surface area contributed by atoms with Crippen LogP contribution in [0.5, 0.6) is 0 Å². The standard InChI is InChI=1S/C23H18BrFN2O2S/c1-14-9-10-19(25)20(11-14)27-21(28)13-30-23(27)15-5-4-6-16(12-15)26-22(29)17-7-2-3-8-18(17)24/h2-12,23H,13H2,1H3,(H,26,29)/t23-/m1/s1. The van der Waals surface area contributed by atoms with Crippen molar-refractivity contribution >= 4 is 50.9 Å². The van der Waals surface area contributed by atoms with E-state index >= 15 is 0 Å². The van der Waals surface area contributed by atoms with Gasteiger partial charge in [0.05, 0.1) is 17.0 Å². The van der Waals surface area contributed by atoms with Crippen molar-refractivity contribution in [3.8, 4) is 0 Å². The number of amides is 2. The summed E-state index contributed by atoms with van der Waals surface area (Å²) in [5, 5.41) is 2.53. The van der Waals surface area contributed by atoms with Crippen LogP contribution >= 0.6 is 27.7 Å². The SMILES string of the molecule is Cc1ccc(F)c(N2C(=O)CS[C@@H]2c2cccc(NC(=O)c3ccccc3Br)c2)c1. The van der Waals surface area contributed by atoms with Gasteiger partial charge in [-0.05, 0) is 70.4 Å². The first-order valence-corrected chi connectivity index (χ1v) is 11.1. The van der Waals surface area contributed by atoms with E-state index < -0.39 is 5.82 Å². The molecule has 1 saturated heterocycles. The minimum absolute atomic E-state index is 0.142. The molecule has 3 aromatic rings. The predicted octanol–water partition coefficient (Wildman–Crippen LogP) is 5.93. The fourth-order valence-corrected chi connectivity index (χ4v) is 4.98. The second-order valence-corrected chi connectivity index (χ2v) is 8.86. The lowest BCUT2D eigenvalue weighted by Gasteiger charge is -2.25. The Morgan fingerprint density at radius 1 is 1.13 bits per heavy atom. The van der Waals surface area contributed by atoms with Gasteiger partial charge in [-0.15, -0.1) is 11.8 Å². The van der Waals surface area contributed by atoms with Gasteiger partial charge in [0.2, 0.25) is 5.91 Å². The minimum Gasteiger partial charge on any atom is -0.322 e. The molecule has 152 valence electrons. The van der Waals surface area contributed by atoms with Gasteiger partial charge in [0.1, 0.15) is 11.2 Å². The van der Waals surface area contributed by atoms with E-state index in [1.807, 2.05) is 31.2 Å². The molecule has 0 aliphatic carbocycles. The van der Waals surface area contributed by atoms with Crippen molar-refractivity contribution in [3.63, 3.8) is 0 Å². The highest BCUT2D eigenvalue weighted by atomic mass is 79.9. The van der Waals surface area contributed by atoms with Crippen molar-refractivity contribution in [3.05, 3.63) is 93.7 Å². The molecule has 30 heavy (non-hydrogen) atoms. The van der Waals surface area contributed by atoms with Gasteiger partial charge in [-0.25, -0.2) is 4.39 Å². The molecule has 0 unspecified atom stereocenters. The summed E-state index contributed by atoms with van der Waals surface area (Å²) in [5.74, 6) is -0.542. The molecule has 1 heterocycles. The van der Waals surface area contributed by atoms with Crippen LogP contribution in [0.4, 0.5) is 15.8 Å². The number of carbonyl (C=O) groups is 2. The van der Waals surface area contributed by atoms with E-state index in [4.69, 9.17) is 0 Å². The Morgan fingerprint density at radius 2 is 1.93 bits per heavy atom. The first kappa shape index (κ1) is 20.6. The first-order chi connectivity index (χ1) is 14.4. The Morgan fingerprint density at radius 3 is 2.73 bits per heavy atom. The van der Waals surface area contributed by atoms with E-state index in [2.05, 4.69) is 21.2 Å². The third-order valence-electron chi connectivity index (χ3n) is 4.78. The summed E-state index contributed by atoms with van der Waals surface area (Å²) in [6.45, 7) is 1.86. The van der Waals surface area contributed by atoms with Crippen LogP contribution in [0.2, 0.25) is 0 Å². The lowest BCUT2D eigenvalue weighted by Crippen LogP contribution is -2.28. The van der Waals surface area contributed by atoms with Crippen molar-refractivity contribution in [2.24, 2.45) is 0 Å². The lowest BCUT2D eigenvalue weighted by molar-refractivity contribution is -0.115. The lowest BCUT2D eigenvalue weighted by atomic mass is 10.1. The summed E-state index contributed by atoms with van der Waals surface area (Å²) in [4.78, 5) is 26.7. The monoisotopic (exact) mass is 484 g/mol. The number of rotatable bonds is 4. The Bertz CT molecular complexity index is 1140. The summed E-state index contributed by atoms with van der Waals surface area (Å²) in [5.41, 5.74) is 3.10. The molecule has 0 radical (unpaired) electrons. The van der Waals surface area contributed by atoms with Gasteiger partial charge in [0, 0.05) is 10.2 Å². The summed E-state index contributed by atoms with van der Waals surface area (Å²) in [6, 6.07) is 19.2.